The lowest BCUT2D eigenvalue weighted by molar-refractivity contribution is -0.130. The number of aliphatic hydroxyl groups excluding tert-OH is 1. The van der Waals surface area contributed by atoms with E-state index in [1.54, 1.807) is 29.4 Å². The molecule has 1 aliphatic rings. The van der Waals surface area contributed by atoms with E-state index in [1.165, 1.54) is 4.88 Å². The first-order chi connectivity index (χ1) is 9.08. The molecule has 1 heterocycles. The van der Waals surface area contributed by atoms with Gasteiger partial charge < -0.3 is 10.0 Å². The van der Waals surface area contributed by atoms with Crippen molar-refractivity contribution < 1.29 is 9.90 Å². The molecular formula is C15H21NO2S. The number of carbonyl (C=O) groups is 1. The van der Waals surface area contributed by atoms with E-state index in [0.717, 1.165) is 30.6 Å². The second-order valence-corrected chi connectivity index (χ2v) is 6.47. The van der Waals surface area contributed by atoms with Crippen LogP contribution in [-0.2, 0) is 4.79 Å². The lowest BCUT2D eigenvalue weighted by atomic mass is 9.91. The van der Waals surface area contributed by atoms with Crippen molar-refractivity contribution in [3.8, 4) is 0 Å². The molecule has 3 nitrogen and oxygen atoms in total. The first kappa shape index (κ1) is 14.3. The molecule has 1 aromatic rings. The van der Waals surface area contributed by atoms with Crippen LogP contribution in [-0.4, -0.2) is 35.1 Å². The van der Waals surface area contributed by atoms with Crippen molar-refractivity contribution in [1.29, 1.82) is 0 Å². The summed E-state index contributed by atoms with van der Waals surface area (Å²) in [6.45, 7) is 2.05. The number of likely N-dealkylation sites (N-methyl/N-ethyl adjacent to an activating group) is 1. The van der Waals surface area contributed by atoms with Gasteiger partial charge in [0.25, 0.3) is 0 Å². The molecular weight excluding hydrogens is 258 g/mol. The number of amides is 1. The van der Waals surface area contributed by atoms with Crippen LogP contribution in [0.15, 0.2) is 18.2 Å². The van der Waals surface area contributed by atoms with Crippen LogP contribution in [0.3, 0.4) is 0 Å². The van der Waals surface area contributed by atoms with Crippen molar-refractivity contribution in [1.82, 2.24) is 4.90 Å². The Labute approximate surface area is 118 Å². The molecule has 1 fully saturated rings. The van der Waals surface area contributed by atoms with Crippen LogP contribution in [0.2, 0.25) is 0 Å². The third-order valence-corrected chi connectivity index (χ3v) is 4.66. The zero-order valence-electron chi connectivity index (χ0n) is 11.5. The van der Waals surface area contributed by atoms with Gasteiger partial charge in [-0.2, -0.15) is 0 Å². The minimum atomic E-state index is -0.375. The van der Waals surface area contributed by atoms with Crippen LogP contribution in [0.25, 0.3) is 6.08 Å². The molecule has 0 spiro atoms. The van der Waals surface area contributed by atoms with Crippen molar-refractivity contribution in [2.75, 3.05) is 7.05 Å². The molecule has 19 heavy (non-hydrogen) atoms. The third kappa shape index (κ3) is 3.67. The first-order valence-corrected chi connectivity index (χ1v) is 7.59. The molecule has 0 saturated heterocycles. The van der Waals surface area contributed by atoms with Crippen molar-refractivity contribution in [2.24, 2.45) is 0 Å². The number of aryl methyl sites for hydroxylation is 1. The highest BCUT2D eigenvalue weighted by Gasteiger charge is 2.28. The normalized spacial score (nSPS) is 23.7. The number of aliphatic hydroxyl groups is 1. The van der Waals surface area contributed by atoms with Crippen LogP contribution >= 0.6 is 11.3 Å². The van der Waals surface area contributed by atoms with E-state index >= 15 is 0 Å². The van der Waals surface area contributed by atoms with Crippen LogP contribution in [0.4, 0.5) is 0 Å². The van der Waals surface area contributed by atoms with Gasteiger partial charge in [0.05, 0.1) is 12.1 Å². The number of hydrogen-bond donors (Lipinski definition) is 1. The summed E-state index contributed by atoms with van der Waals surface area (Å²) in [5, 5.41) is 9.96. The molecule has 104 valence electrons. The van der Waals surface area contributed by atoms with Gasteiger partial charge in [-0.05, 0) is 38.0 Å². The molecule has 2 unspecified atom stereocenters. The van der Waals surface area contributed by atoms with Crippen LogP contribution in [0.1, 0.15) is 35.4 Å². The minimum Gasteiger partial charge on any atom is -0.391 e. The van der Waals surface area contributed by atoms with Gasteiger partial charge in [0.2, 0.25) is 5.91 Å². The molecule has 1 aliphatic carbocycles. The Kier molecular flexibility index (Phi) is 4.77. The van der Waals surface area contributed by atoms with Gasteiger partial charge in [0.1, 0.15) is 0 Å². The molecule has 1 saturated carbocycles. The highest BCUT2D eigenvalue weighted by molar-refractivity contribution is 7.12. The lowest BCUT2D eigenvalue weighted by Crippen LogP contribution is -2.45. The quantitative estimate of drug-likeness (QED) is 0.864. The highest BCUT2D eigenvalue weighted by atomic mass is 32.1. The molecule has 1 N–H and O–H groups in total. The molecule has 0 aliphatic heterocycles. The SMILES string of the molecule is Cc1ccc(/C=C/C(=O)N(C)C2CCCCC2O)s1. The van der Waals surface area contributed by atoms with E-state index in [-0.39, 0.29) is 18.1 Å². The molecule has 1 aromatic heterocycles. The highest BCUT2D eigenvalue weighted by Crippen LogP contribution is 2.23. The fourth-order valence-corrected chi connectivity index (χ4v) is 3.30. The van der Waals surface area contributed by atoms with Crippen molar-refractivity contribution in [3.05, 3.63) is 28.0 Å². The third-order valence-electron chi connectivity index (χ3n) is 3.69. The maximum absolute atomic E-state index is 12.1. The fourth-order valence-electron chi connectivity index (χ4n) is 2.52. The molecule has 0 radical (unpaired) electrons. The second-order valence-electron chi connectivity index (χ2n) is 5.15. The number of carbonyl (C=O) groups excluding carboxylic acids is 1. The van der Waals surface area contributed by atoms with Crippen LogP contribution in [0.5, 0.6) is 0 Å². The van der Waals surface area contributed by atoms with Gasteiger partial charge in [-0.3, -0.25) is 4.79 Å². The molecule has 0 bridgehead atoms. The van der Waals surface area contributed by atoms with E-state index in [9.17, 15) is 9.90 Å². The van der Waals surface area contributed by atoms with Crippen molar-refractivity contribution in [3.63, 3.8) is 0 Å². The average molecular weight is 279 g/mol. The monoisotopic (exact) mass is 279 g/mol. The fraction of sp³-hybridized carbons (Fsp3) is 0.533. The molecule has 2 rings (SSSR count). The second kappa shape index (κ2) is 6.35. The Hall–Kier alpha value is -1.13. The standard InChI is InChI=1S/C15H21NO2S/c1-11-7-8-12(19-11)9-10-15(18)16(2)13-5-3-4-6-14(13)17/h7-10,13-14,17H,3-6H2,1-2H3/b10-9+. The Morgan fingerprint density at radius 1 is 1.42 bits per heavy atom. The molecule has 0 aromatic carbocycles. The Morgan fingerprint density at radius 3 is 2.79 bits per heavy atom. The van der Waals surface area contributed by atoms with Crippen molar-refractivity contribution in [2.45, 2.75) is 44.8 Å². The van der Waals surface area contributed by atoms with Crippen LogP contribution < -0.4 is 0 Å². The van der Waals surface area contributed by atoms with E-state index in [0.29, 0.717) is 0 Å². The predicted octanol–water partition coefficient (Wildman–Crippen LogP) is 2.83. The number of hydrogen-bond acceptors (Lipinski definition) is 3. The van der Waals surface area contributed by atoms with Gasteiger partial charge in [-0.1, -0.05) is 12.8 Å². The van der Waals surface area contributed by atoms with E-state index in [2.05, 4.69) is 0 Å². The van der Waals surface area contributed by atoms with E-state index < -0.39 is 0 Å². The largest absolute Gasteiger partial charge is 0.391 e. The maximum atomic E-state index is 12.1. The average Bonchev–Trinajstić information content (AvgIpc) is 2.81. The summed E-state index contributed by atoms with van der Waals surface area (Å²) in [7, 11) is 1.78. The summed E-state index contributed by atoms with van der Waals surface area (Å²) >= 11 is 1.67. The van der Waals surface area contributed by atoms with Gasteiger partial charge in [0.15, 0.2) is 0 Å². The zero-order chi connectivity index (χ0) is 13.8. The first-order valence-electron chi connectivity index (χ1n) is 6.77. The molecule has 1 amide bonds. The molecule has 2 atom stereocenters. The van der Waals surface area contributed by atoms with Crippen molar-refractivity contribution >= 4 is 23.3 Å². The summed E-state index contributed by atoms with van der Waals surface area (Å²) in [4.78, 5) is 16.1. The summed E-state index contributed by atoms with van der Waals surface area (Å²) < 4.78 is 0. The zero-order valence-corrected chi connectivity index (χ0v) is 12.3. The summed E-state index contributed by atoms with van der Waals surface area (Å²) in [5.41, 5.74) is 0. The van der Waals surface area contributed by atoms with Crippen LogP contribution in [0, 0.1) is 6.92 Å². The minimum absolute atomic E-state index is 0.0306. The molecule has 4 heteroatoms. The Morgan fingerprint density at radius 2 is 2.16 bits per heavy atom. The van der Waals surface area contributed by atoms with E-state index in [4.69, 9.17) is 0 Å². The summed E-state index contributed by atoms with van der Waals surface area (Å²) in [6.07, 6.45) is 6.93. The number of rotatable bonds is 3. The number of nitrogens with zero attached hydrogens (tertiary/aromatic N) is 1. The van der Waals surface area contributed by atoms with Gasteiger partial charge in [-0.15, -0.1) is 11.3 Å². The summed E-state index contributed by atoms with van der Waals surface area (Å²) in [5.74, 6) is -0.0306. The van der Waals surface area contributed by atoms with Gasteiger partial charge in [0, 0.05) is 22.9 Å². The Balaban J connectivity index is 1.97. The smallest absolute Gasteiger partial charge is 0.246 e. The lowest BCUT2D eigenvalue weighted by Gasteiger charge is -2.34. The Bertz CT molecular complexity index is 466. The van der Waals surface area contributed by atoms with E-state index in [1.807, 2.05) is 25.1 Å². The number of thiophene rings is 1. The maximum Gasteiger partial charge on any atom is 0.246 e. The topological polar surface area (TPSA) is 40.5 Å². The summed E-state index contributed by atoms with van der Waals surface area (Å²) in [6, 6.07) is 4.03. The predicted molar refractivity (Wildman–Crippen MR) is 79.1 cm³/mol. The van der Waals surface area contributed by atoms with Gasteiger partial charge in [-0.25, -0.2) is 0 Å². The van der Waals surface area contributed by atoms with Gasteiger partial charge >= 0.3 is 0 Å².